The Balaban J connectivity index is 1.81. The summed E-state index contributed by atoms with van der Waals surface area (Å²) in [6.07, 6.45) is 0.616. The summed E-state index contributed by atoms with van der Waals surface area (Å²) in [6, 6.07) is 11.4. The van der Waals surface area contributed by atoms with E-state index in [9.17, 15) is 4.39 Å². The van der Waals surface area contributed by atoms with Gasteiger partial charge in [-0.15, -0.1) is 5.10 Å². The number of anilines is 2. The molecule has 2 unspecified atom stereocenters. The zero-order chi connectivity index (χ0) is 17.6. The van der Waals surface area contributed by atoms with E-state index in [1.165, 1.54) is 12.1 Å². The summed E-state index contributed by atoms with van der Waals surface area (Å²) < 4.78 is 14.9. The maximum Gasteiger partial charge on any atom is 0.241 e. The molecular formula is C17H14Cl2FN5. The predicted octanol–water partition coefficient (Wildman–Crippen LogP) is 4.45. The number of benzene rings is 2. The lowest BCUT2D eigenvalue weighted by atomic mass is 9.93. The van der Waals surface area contributed by atoms with Gasteiger partial charge in [-0.25, -0.2) is 9.07 Å². The number of nitrogens with zero attached hydrogens (tertiary/aromatic N) is 3. The van der Waals surface area contributed by atoms with Gasteiger partial charge in [0.25, 0.3) is 0 Å². The van der Waals surface area contributed by atoms with E-state index in [2.05, 4.69) is 15.4 Å². The van der Waals surface area contributed by atoms with Crippen molar-refractivity contribution in [2.24, 2.45) is 0 Å². The number of aromatic nitrogens is 3. The molecule has 0 fully saturated rings. The first-order chi connectivity index (χ1) is 12.0. The number of nitrogens with one attached hydrogen (secondary N) is 1. The van der Waals surface area contributed by atoms with Crippen LogP contribution in [0, 0.1) is 5.82 Å². The van der Waals surface area contributed by atoms with Gasteiger partial charge in [-0.05, 0) is 36.2 Å². The van der Waals surface area contributed by atoms with Gasteiger partial charge in [0.1, 0.15) is 5.82 Å². The van der Waals surface area contributed by atoms with Crippen LogP contribution in [0.15, 0.2) is 42.5 Å². The number of hydrogen-bond acceptors (Lipinski definition) is 4. The first kappa shape index (κ1) is 16.2. The van der Waals surface area contributed by atoms with Crippen LogP contribution in [0.1, 0.15) is 29.6 Å². The molecule has 2 heterocycles. The van der Waals surface area contributed by atoms with E-state index in [1.807, 2.05) is 0 Å². The molecule has 0 spiro atoms. The molecule has 3 aromatic rings. The predicted molar refractivity (Wildman–Crippen MR) is 96.4 cm³/mol. The minimum Gasteiger partial charge on any atom is -0.366 e. The van der Waals surface area contributed by atoms with Crippen LogP contribution in [0.5, 0.6) is 0 Å². The standard InChI is InChI=1S/C17H14Cl2FN5/c18-11-2-1-3-12(19)15(11)14-8-13(9-4-6-10(20)7-5-9)22-17-23-16(21)24-25(14)17/h1-7,13-14H,8H2,(H3,21,22,23,24). The van der Waals surface area contributed by atoms with E-state index in [0.717, 1.165) is 11.1 Å². The lowest BCUT2D eigenvalue weighted by Gasteiger charge is -2.32. The van der Waals surface area contributed by atoms with Crippen LogP contribution >= 0.6 is 23.2 Å². The fraction of sp³-hybridized carbons (Fsp3) is 0.176. The highest BCUT2D eigenvalue weighted by Crippen LogP contribution is 2.42. The Bertz CT molecular complexity index is 905. The molecule has 8 heteroatoms. The Morgan fingerprint density at radius 3 is 2.48 bits per heavy atom. The molecular weight excluding hydrogens is 364 g/mol. The zero-order valence-electron chi connectivity index (χ0n) is 13.0. The van der Waals surface area contributed by atoms with E-state index < -0.39 is 0 Å². The summed E-state index contributed by atoms with van der Waals surface area (Å²) in [5.74, 6) is 0.409. The molecule has 1 aromatic heterocycles. The molecule has 128 valence electrons. The molecule has 5 nitrogen and oxygen atoms in total. The maximum absolute atomic E-state index is 13.2. The molecule has 0 amide bonds. The number of hydrogen-bond donors (Lipinski definition) is 2. The van der Waals surface area contributed by atoms with E-state index >= 15 is 0 Å². The molecule has 4 rings (SSSR count). The molecule has 1 aliphatic heterocycles. The fourth-order valence-electron chi connectivity index (χ4n) is 3.18. The molecule has 0 radical (unpaired) electrons. The van der Waals surface area contributed by atoms with Crippen molar-refractivity contribution >= 4 is 35.1 Å². The SMILES string of the molecule is Nc1nc2n(n1)C(c1c(Cl)cccc1Cl)CC(c1ccc(F)cc1)N2. The van der Waals surface area contributed by atoms with Gasteiger partial charge in [0, 0.05) is 15.6 Å². The van der Waals surface area contributed by atoms with Gasteiger partial charge in [0.2, 0.25) is 11.9 Å². The number of fused-ring (bicyclic) bond motifs is 1. The van der Waals surface area contributed by atoms with Crippen LogP contribution in [0.3, 0.4) is 0 Å². The summed E-state index contributed by atoms with van der Waals surface area (Å²) in [7, 11) is 0. The van der Waals surface area contributed by atoms with Crippen LogP contribution in [0.2, 0.25) is 10.0 Å². The monoisotopic (exact) mass is 377 g/mol. The number of nitrogens with two attached hydrogens (primary N) is 1. The van der Waals surface area contributed by atoms with Gasteiger partial charge < -0.3 is 11.1 Å². The van der Waals surface area contributed by atoms with Crippen molar-refractivity contribution in [2.45, 2.75) is 18.5 Å². The second-order valence-electron chi connectivity index (χ2n) is 5.87. The first-order valence-electron chi connectivity index (χ1n) is 7.71. The zero-order valence-corrected chi connectivity index (χ0v) is 14.5. The molecule has 0 aliphatic carbocycles. The molecule has 0 saturated heterocycles. The van der Waals surface area contributed by atoms with Crippen molar-refractivity contribution in [3.63, 3.8) is 0 Å². The van der Waals surface area contributed by atoms with Crippen molar-refractivity contribution in [3.8, 4) is 0 Å². The summed E-state index contributed by atoms with van der Waals surface area (Å²) in [6.45, 7) is 0. The fourth-order valence-corrected chi connectivity index (χ4v) is 3.83. The molecule has 0 saturated carbocycles. The quantitative estimate of drug-likeness (QED) is 0.691. The van der Waals surface area contributed by atoms with Gasteiger partial charge in [-0.1, -0.05) is 41.4 Å². The summed E-state index contributed by atoms with van der Waals surface area (Å²) in [5.41, 5.74) is 7.48. The molecule has 3 N–H and O–H groups in total. The van der Waals surface area contributed by atoms with Crippen molar-refractivity contribution in [1.29, 1.82) is 0 Å². The van der Waals surface area contributed by atoms with Crippen LogP contribution in [0.4, 0.5) is 16.3 Å². The van der Waals surface area contributed by atoms with E-state index in [-0.39, 0.29) is 23.8 Å². The molecule has 0 bridgehead atoms. The molecule has 2 aromatic carbocycles. The third kappa shape index (κ3) is 2.92. The van der Waals surface area contributed by atoms with Crippen molar-refractivity contribution in [2.75, 3.05) is 11.1 Å². The van der Waals surface area contributed by atoms with Crippen LogP contribution in [-0.2, 0) is 0 Å². The Morgan fingerprint density at radius 1 is 1.12 bits per heavy atom. The largest absolute Gasteiger partial charge is 0.366 e. The Labute approximate surface area is 153 Å². The Kier molecular flexibility index (Phi) is 4.01. The normalized spacial score (nSPS) is 19.3. The second-order valence-corrected chi connectivity index (χ2v) is 6.69. The molecule has 1 aliphatic rings. The van der Waals surface area contributed by atoms with E-state index in [0.29, 0.717) is 22.4 Å². The van der Waals surface area contributed by atoms with Gasteiger partial charge in [0.05, 0.1) is 12.1 Å². The Morgan fingerprint density at radius 2 is 1.80 bits per heavy atom. The third-order valence-corrected chi connectivity index (χ3v) is 4.97. The highest BCUT2D eigenvalue weighted by Gasteiger charge is 2.33. The smallest absolute Gasteiger partial charge is 0.241 e. The van der Waals surface area contributed by atoms with Crippen molar-refractivity contribution in [3.05, 3.63) is 69.5 Å². The average molecular weight is 378 g/mol. The highest BCUT2D eigenvalue weighted by atomic mass is 35.5. The Hall–Kier alpha value is -2.31. The second kappa shape index (κ2) is 6.20. The highest BCUT2D eigenvalue weighted by molar-refractivity contribution is 6.36. The minimum atomic E-state index is -0.280. The maximum atomic E-state index is 13.2. The lowest BCUT2D eigenvalue weighted by Crippen LogP contribution is -2.28. The number of nitrogen functional groups attached to an aromatic ring is 1. The van der Waals surface area contributed by atoms with Crippen LogP contribution < -0.4 is 11.1 Å². The van der Waals surface area contributed by atoms with E-state index in [4.69, 9.17) is 28.9 Å². The van der Waals surface area contributed by atoms with Crippen molar-refractivity contribution < 1.29 is 4.39 Å². The first-order valence-corrected chi connectivity index (χ1v) is 8.46. The van der Waals surface area contributed by atoms with Crippen LogP contribution in [0.25, 0.3) is 0 Å². The number of halogens is 3. The summed E-state index contributed by atoms with van der Waals surface area (Å²) >= 11 is 12.8. The van der Waals surface area contributed by atoms with Gasteiger partial charge >= 0.3 is 0 Å². The summed E-state index contributed by atoms with van der Waals surface area (Å²) in [4.78, 5) is 4.24. The lowest BCUT2D eigenvalue weighted by molar-refractivity contribution is 0.431. The number of rotatable bonds is 2. The van der Waals surface area contributed by atoms with Gasteiger partial charge in [0.15, 0.2) is 0 Å². The molecule has 25 heavy (non-hydrogen) atoms. The molecule has 2 atom stereocenters. The topological polar surface area (TPSA) is 68.8 Å². The van der Waals surface area contributed by atoms with Crippen molar-refractivity contribution in [1.82, 2.24) is 14.8 Å². The average Bonchev–Trinajstić information content (AvgIpc) is 2.95. The van der Waals surface area contributed by atoms with E-state index in [1.54, 1.807) is 35.0 Å². The minimum absolute atomic E-state index is 0.103. The third-order valence-electron chi connectivity index (χ3n) is 4.31. The summed E-state index contributed by atoms with van der Waals surface area (Å²) in [5, 5.41) is 8.68. The van der Waals surface area contributed by atoms with Gasteiger partial charge in [-0.2, -0.15) is 4.98 Å². The van der Waals surface area contributed by atoms with Gasteiger partial charge in [-0.3, -0.25) is 0 Å². The van der Waals surface area contributed by atoms with Crippen LogP contribution in [-0.4, -0.2) is 14.8 Å².